The average molecular weight is 364 g/mol. The summed E-state index contributed by atoms with van der Waals surface area (Å²) in [5, 5.41) is 22.0. The third kappa shape index (κ3) is 2.62. The third-order valence-corrected chi connectivity index (χ3v) is 6.82. The van der Waals surface area contributed by atoms with Crippen molar-refractivity contribution in [3.8, 4) is 0 Å². The normalized spacial score (nSPS) is 45.6. The topological polar surface area (TPSA) is 93.1 Å². The van der Waals surface area contributed by atoms with Gasteiger partial charge in [0.25, 0.3) is 0 Å². The average Bonchev–Trinajstić information content (AvgIpc) is 2.97. The minimum Gasteiger partial charge on any atom is -0.459 e. The smallest absolute Gasteiger partial charge is 0.334 e. The van der Waals surface area contributed by atoms with E-state index in [1.807, 2.05) is 13.8 Å². The standard InChI is InChI=1S/C20H28O6/c1-6-9(2)18(23)26-13-8-14(21)20(5)16(13)10(3)7-12-15(17(20)22)11(4)19(24)25-12/h6,10,12-17,21-22H,4,7-8H2,1-3,5H3/t10-,12-,13+,14-,15-,16-,17+,20-/m1/s1. The Bertz CT molecular complexity index is 667. The molecule has 1 saturated heterocycles. The predicted molar refractivity (Wildman–Crippen MR) is 93.8 cm³/mol. The summed E-state index contributed by atoms with van der Waals surface area (Å²) in [5.74, 6) is -1.67. The lowest BCUT2D eigenvalue weighted by atomic mass is 9.67. The van der Waals surface area contributed by atoms with Gasteiger partial charge in [-0.05, 0) is 26.2 Å². The van der Waals surface area contributed by atoms with Gasteiger partial charge in [-0.3, -0.25) is 0 Å². The number of carbonyl (C=O) groups is 2. The molecule has 26 heavy (non-hydrogen) atoms. The van der Waals surface area contributed by atoms with Crippen LogP contribution in [0.4, 0.5) is 0 Å². The molecule has 3 fully saturated rings. The SMILES string of the molecule is C=C1C(=O)O[C@@H]2C[C@@H](C)[C@@H]3[C@@H](OC(=O)C(C)=CC)C[C@@H](O)[C@@]3(C)[C@@H](O)[C@H]12. The van der Waals surface area contributed by atoms with Crippen LogP contribution >= 0.6 is 0 Å². The van der Waals surface area contributed by atoms with Gasteiger partial charge in [-0.25, -0.2) is 9.59 Å². The number of esters is 2. The lowest BCUT2D eigenvalue weighted by Gasteiger charge is -2.41. The van der Waals surface area contributed by atoms with Gasteiger partial charge in [-0.2, -0.15) is 0 Å². The number of aliphatic hydroxyl groups is 2. The fourth-order valence-electron chi connectivity index (χ4n) is 5.22. The van der Waals surface area contributed by atoms with Crippen LogP contribution in [0.1, 0.15) is 40.5 Å². The van der Waals surface area contributed by atoms with E-state index in [1.165, 1.54) is 0 Å². The van der Waals surface area contributed by atoms with Crippen molar-refractivity contribution in [3.05, 3.63) is 23.8 Å². The van der Waals surface area contributed by atoms with Gasteiger partial charge in [-0.1, -0.05) is 26.5 Å². The summed E-state index contributed by atoms with van der Waals surface area (Å²) in [6, 6.07) is 0. The summed E-state index contributed by atoms with van der Waals surface area (Å²) in [5.41, 5.74) is -0.145. The summed E-state index contributed by atoms with van der Waals surface area (Å²) in [4.78, 5) is 24.2. The number of aliphatic hydroxyl groups excluding tert-OH is 2. The second-order valence-electron chi connectivity index (χ2n) is 8.21. The Balaban J connectivity index is 1.96. The number of allylic oxidation sites excluding steroid dienone is 1. The first kappa shape index (κ1) is 19.1. The number of hydrogen-bond donors (Lipinski definition) is 2. The number of hydrogen-bond acceptors (Lipinski definition) is 6. The van der Waals surface area contributed by atoms with Crippen LogP contribution in [0, 0.1) is 23.2 Å². The molecule has 144 valence electrons. The van der Waals surface area contributed by atoms with Crippen LogP contribution in [0.5, 0.6) is 0 Å². The zero-order valence-corrected chi connectivity index (χ0v) is 15.8. The maximum atomic E-state index is 12.3. The highest BCUT2D eigenvalue weighted by Crippen LogP contribution is 2.57. The molecule has 0 aromatic rings. The molecule has 0 aromatic heterocycles. The second kappa shape index (κ2) is 6.50. The lowest BCUT2D eigenvalue weighted by molar-refractivity contribution is -0.150. The molecular weight excluding hydrogens is 336 g/mol. The van der Waals surface area contributed by atoms with Crippen LogP contribution in [-0.2, 0) is 19.1 Å². The van der Waals surface area contributed by atoms with Crippen molar-refractivity contribution in [2.45, 2.75) is 65.0 Å². The zero-order chi connectivity index (χ0) is 19.4. The Kier molecular flexibility index (Phi) is 4.78. The molecule has 1 aliphatic heterocycles. The molecule has 0 radical (unpaired) electrons. The van der Waals surface area contributed by atoms with E-state index in [0.29, 0.717) is 12.0 Å². The maximum Gasteiger partial charge on any atom is 0.334 e. The molecule has 6 heteroatoms. The fourth-order valence-corrected chi connectivity index (χ4v) is 5.22. The van der Waals surface area contributed by atoms with Crippen molar-refractivity contribution >= 4 is 11.9 Å². The Hall–Kier alpha value is -1.66. The summed E-state index contributed by atoms with van der Waals surface area (Å²) in [6.45, 7) is 11.1. The van der Waals surface area contributed by atoms with E-state index < -0.39 is 47.7 Å². The van der Waals surface area contributed by atoms with E-state index in [0.717, 1.165) is 0 Å². The third-order valence-electron chi connectivity index (χ3n) is 6.82. The molecule has 2 saturated carbocycles. The van der Waals surface area contributed by atoms with Crippen molar-refractivity contribution in [3.63, 3.8) is 0 Å². The van der Waals surface area contributed by atoms with Crippen molar-refractivity contribution < 1.29 is 29.3 Å². The Morgan fingerprint density at radius 1 is 1.38 bits per heavy atom. The first-order chi connectivity index (χ1) is 12.1. The number of fused-ring (bicyclic) bond motifs is 2. The molecule has 0 unspecified atom stereocenters. The molecule has 1 heterocycles. The van der Waals surface area contributed by atoms with E-state index in [2.05, 4.69) is 6.58 Å². The van der Waals surface area contributed by atoms with Gasteiger partial charge < -0.3 is 19.7 Å². The summed E-state index contributed by atoms with van der Waals surface area (Å²) >= 11 is 0. The molecule has 3 rings (SSSR count). The number of rotatable bonds is 2. The van der Waals surface area contributed by atoms with Gasteiger partial charge in [-0.15, -0.1) is 0 Å². The zero-order valence-electron chi connectivity index (χ0n) is 15.8. The highest BCUT2D eigenvalue weighted by Gasteiger charge is 2.64. The Morgan fingerprint density at radius 3 is 2.65 bits per heavy atom. The molecule has 0 spiro atoms. The number of carbonyl (C=O) groups excluding carboxylic acids is 2. The van der Waals surface area contributed by atoms with Crippen molar-refractivity contribution in [2.75, 3.05) is 0 Å². The van der Waals surface area contributed by atoms with Gasteiger partial charge in [0.1, 0.15) is 12.2 Å². The maximum absolute atomic E-state index is 12.3. The van der Waals surface area contributed by atoms with E-state index in [-0.39, 0.29) is 23.8 Å². The van der Waals surface area contributed by atoms with E-state index >= 15 is 0 Å². The molecule has 2 aliphatic carbocycles. The Morgan fingerprint density at radius 2 is 2.04 bits per heavy atom. The molecular formula is C20H28O6. The van der Waals surface area contributed by atoms with Gasteiger partial charge >= 0.3 is 11.9 Å². The lowest BCUT2D eigenvalue weighted by Crippen LogP contribution is -2.49. The molecule has 0 amide bonds. The van der Waals surface area contributed by atoms with Crippen LogP contribution < -0.4 is 0 Å². The van der Waals surface area contributed by atoms with Crippen LogP contribution in [0.25, 0.3) is 0 Å². The minimum absolute atomic E-state index is 0.00999. The van der Waals surface area contributed by atoms with E-state index in [4.69, 9.17) is 9.47 Å². The van der Waals surface area contributed by atoms with Crippen LogP contribution in [0.15, 0.2) is 23.8 Å². The quantitative estimate of drug-likeness (QED) is 0.573. The molecule has 3 aliphatic rings. The first-order valence-corrected chi connectivity index (χ1v) is 9.22. The largest absolute Gasteiger partial charge is 0.459 e. The van der Waals surface area contributed by atoms with Crippen LogP contribution in [0.2, 0.25) is 0 Å². The summed E-state index contributed by atoms with van der Waals surface area (Å²) in [6.07, 6.45) is -0.307. The first-order valence-electron chi connectivity index (χ1n) is 9.22. The second-order valence-corrected chi connectivity index (χ2v) is 8.21. The van der Waals surface area contributed by atoms with Crippen LogP contribution in [-0.4, -0.2) is 46.6 Å². The molecule has 6 nitrogen and oxygen atoms in total. The molecule has 0 bridgehead atoms. The molecule has 0 aromatic carbocycles. The summed E-state index contributed by atoms with van der Waals surface area (Å²) < 4.78 is 11.1. The fraction of sp³-hybridized carbons (Fsp3) is 0.700. The summed E-state index contributed by atoms with van der Waals surface area (Å²) in [7, 11) is 0. The monoisotopic (exact) mass is 364 g/mol. The van der Waals surface area contributed by atoms with Crippen molar-refractivity contribution in [1.29, 1.82) is 0 Å². The minimum atomic E-state index is -0.997. The highest BCUT2D eigenvalue weighted by atomic mass is 16.6. The van der Waals surface area contributed by atoms with E-state index in [9.17, 15) is 19.8 Å². The molecule has 8 atom stereocenters. The van der Waals surface area contributed by atoms with Crippen LogP contribution in [0.3, 0.4) is 0 Å². The Labute approximate surface area is 153 Å². The highest BCUT2D eigenvalue weighted by molar-refractivity contribution is 5.91. The van der Waals surface area contributed by atoms with Crippen molar-refractivity contribution in [1.82, 2.24) is 0 Å². The number of ether oxygens (including phenoxy) is 2. The van der Waals surface area contributed by atoms with Gasteiger partial charge in [0.05, 0.1) is 18.1 Å². The molecule has 2 N–H and O–H groups in total. The van der Waals surface area contributed by atoms with Gasteiger partial charge in [0, 0.05) is 28.9 Å². The van der Waals surface area contributed by atoms with E-state index in [1.54, 1.807) is 19.9 Å². The van der Waals surface area contributed by atoms with Gasteiger partial charge in [0.2, 0.25) is 0 Å². The van der Waals surface area contributed by atoms with Gasteiger partial charge in [0.15, 0.2) is 0 Å². The van der Waals surface area contributed by atoms with Crippen molar-refractivity contribution in [2.24, 2.45) is 23.2 Å². The predicted octanol–water partition coefficient (Wildman–Crippen LogP) is 1.75.